The van der Waals surface area contributed by atoms with E-state index in [9.17, 15) is 19.2 Å². The number of aromatic nitrogens is 2. The van der Waals surface area contributed by atoms with Gasteiger partial charge in [0.1, 0.15) is 23.3 Å². The van der Waals surface area contributed by atoms with Gasteiger partial charge in [0.15, 0.2) is 0 Å². The monoisotopic (exact) mass is 730 g/mol. The number of unbranched alkanes of at least 4 members (excludes halogenated alkanes) is 6. The minimum Gasteiger partial charge on any atom is -0.444 e. The van der Waals surface area contributed by atoms with Crippen LogP contribution >= 0.6 is 0 Å². The second-order valence-electron chi connectivity index (χ2n) is 15.6. The van der Waals surface area contributed by atoms with Crippen LogP contribution in [0.1, 0.15) is 97.6 Å². The molecule has 4 aromatic rings. The molecule has 4 rings (SSSR count). The molecule has 6 N–H and O–H groups in total. The molecule has 0 bridgehead atoms. The van der Waals surface area contributed by atoms with Crippen molar-refractivity contribution in [3.63, 3.8) is 0 Å². The number of aromatic amines is 2. The van der Waals surface area contributed by atoms with Gasteiger partial charge < -0.3 is 40.7 Å². The summed E-state index contributed by atoms with van der Waals surface area (Å²) in [6.07, 6.45) is 9.88. The average molecular weight is 731 g/mol. The van der Waals surface area contributed by atoms with Crippen molar-refractivity contribution >= 4 is 45.8 Å². The number of rotatable bonds is 18. The van der Waals surface area contributed by atoms with Crippen molar-refractivity contribution in [2.45, 2.75) is 123 Å². The highest BCUT2D eigenvalue weighted by molar-refractivity contribution is 5.89. The smallest absolute Gasteiger partial charge is 0.408 e. The van der Waals surface area contributed by atoms with Gasteiger partial charge in [-0.3, -0.25) is 9.59 Å². The Morgan fingerprint density at radius 2 is 0.925 bits per heavy atom. The Labute approximate surface area is 312 Å². The van der Waals surface area contributed by atoms with E-state index >= 15 is 0 Å². The number of H-pyrrole nitrogens is 2. The van der Waals surface area contributed by atoms with Crippen molar-refractivity contribution in [3.05, 3.63) is 72.1 Å². The van der Waals surface area contributed by atoms with Crippen molar-refractivity contribution < 1.29 is 28.7 Å². The SMILES string of the molecule is CC(C)(C)OC(=O)N[C@@H](Cc1c[nH]c2ccccc12)C(=O)NCCCCCCCCCNC(=O)[C@H](Cc1c[nH]c2ccccc12)NC(=O)OC(C)(C)C. The van der Waals surface area contributed by atoms with Crippen molar-refractivity contribution in [3.8, 4) is 0 Å². The maximum absolute atomic E-state index is 13.2. The van der Waals surface area contributed by atoms with Crippen LogP contribution in [0.5, 0.6) is 0 Å². The summed E-state index contributed by atoms with van der Waals surface area (Å²) in [5.41, 5.74) is 2.48. The molecule has 0 radical (unpaired) electrons. The Kier molecular flexibility index (Phi) is 14.8. The van der Waals surface area contributed by atoms with Crippen molar-refractivity contribution in [1.29, 1.82) is 0 Å². The molecule has 2 aromatic carbocycles. The van der Waals surface area contributed by atoms with Crippen LogP contribution < -0.4 is 21.3 Å². The van der Waals surface area contributed by atoms with E-state index in [1.165, 1.54) is 0 Å². The molecular formula is C41H58N6O6. The van der Waals surface area contributed by atoms with Crippen molar-refractivity contribution in [2.75, 3.05) is 13.1 Å². The summed E-state index contributed by atoms with van der Waals surface area (Å²) in [6, 6.07) is 14.2. The van der Waals surface area contributed by atoms with E-state index in [4.69, 9.17) is 9.47 Å². The second kappa shape index (κ2) is 19.2. The van der Waals surface area contributed by atoms with Crippen LogP contribution in [-0.2, 0) is 31.9 Å². The van der Waals surface area contributed by atoms with E-state index in [1.54, 1.807) is 41.5 Å². The number of nitrogens with one attached hydrogen (secondary N) is 6. The third-order valence-electron chi connectivity index (χ3n) is 8.66. The van der Waals surface area contributed by atoms with E-state index in [0.717, 1.165) is 77.9 Å². The molecule has 0 saturated carbocycles. The topological polar surface area (TPSA) is 166 Å². The zero-order chi connectivity index (χ0) is 38.4. The quantitative estimate of drug-likeness (QED) is 0.0593. The van der Waals surface area contributed by atoms with E-state index in [1.807, 2.05) is 60.9 Å². The summed E-state index contributed by atoms with van der Waals surface area (Å²) < 4.78 is 10.9. The number of carbonyl (C=O) groups is 4. The third kappa shape index (κ3) is 13.8. The molecule has 2 heterocycles. The molecule has 0 aliphatic carbocycles. The Balaban J connectivity index is 1.14. The first-order valence-corrected chi connectivity index (χ1v) is 18.8. The molecule has 0 aliphatic rings. The maximum Gasteiger partial charge on any atom is 0.408 e. The predicted molar refractivity (Wildman–Crippen MR) is 209 cm³/mol. The first-order chi connectivity index (χ1) is 25.2. The highest BCUT2D eigenvalue weighted by atomic mass is 16.6. The van der Waals surface area contributed by atoms with Crippen molar-refractivity contribution in [2.24, 2.45) is 0 Å². The summed E-state index contributed by atoms with van der Waals surface area (Å²) in [6.45, 7) is 11.8. The number of hydrogen-bond donors (Lipinski definition) is 6. The van der Waals surface area contributed by atoms with Gasteiger partial charge in [0.25, 0.3) is 0 Å². The lowest BCUT2D eigenvalue weighted by Gasteiger charge is -2.23. The molecule has 0 saturated heterocycles. The third-order valence-corrected chi connectivity index (χ3v) is 8.66. The molecule has 0 aliphatic heterocycles. The Hall–Kier alpha value is -5.00. The number of carbonyl (C=O) groups excluding carboxylic acids is 4. The molecule has 288 valence electrons. The lowest BCUT2D eigenvalue weighted by Crippen LogP contribution is -2.49. The van der Waals surface area contributed by atoms with Crippen LogP contribution in [0.2, 0.25) is 0 Å². The van der Waals surface area contributed by atoms with Gasteiger partial charge in [-0.05, 0) is 77.6 Å². The normalized spacial score (nSPS) is 12.9. The van der Waals surface area contributed by atoms with Crippen LogP contribution in [0, 0.1) is 0 Å². The highest BCUT2D eigenvalue weighted by Crippen LogP contribution is 2.21. The van der Waals surface area contributed by atoms with Crippen LogP contribution in [0.4, 0.5) is 9.59 Å². The van der Waals surface area contributed by atoms with E-state index in [-0.39, 0.29) is 11.8 Å². The lowest BCUT2D eigenvalue weighted by atomic mass is 10.0. The number of hydrogen-bond acceptors (Lipinski definition) is 6. The van der Waals surface area contributed by atoms with Crippen LogP contribution in [0.25, 0.3) is 21.8 Å². The average Bonchev–Trinajstić information content (AvgIpc) is 3.68. The largest absolute Gasteiger partial charge is 0.444 e. The van der Waals surface area contributed by atoms with Gasteiger partial charge in [-0.2, -0.15) is 0 Å². The molecule has 53 heavy (non-hydrogen) atoms. The van der Waals surface area contributed by atoms with E-state index < -0.39 is 35.5 Å². The van der Waals surface area contributed by atoms with Crippen molar-refractivity contribution in [1.82, 2.24) is 31.2 Å². The second-order valence-corrected chi connectivity index (χ2v) is 15.6. The predicted octanol–water partition coefficient (Wildman–Crippen LogP) is 7.18. The van der Waals surface area contributed by atoms with Crippen LogP contribution in [-0.4, -0.2) is 70.3 Å². The van der Waals surface area contributed by atoms with Gasteiger partial charge in [0.05, 0.1) is 0 Å². The molecule has 12 nitrogen and oxygen atoms in total. The highest BCUT2D eigenvalue weighted by Gasteiger charge is 2.27. The minimum atomic E-state index is -0.776. The Morgan fingerprint density at radius 3 is 1.30 bits per heavy atom. The standard InChI is InChI=1S/C41H58N6O6/c1-40(2,3)52-38(50)46-34(24-28-26-44-32-20-14-12-18-30(28)32)36(48)42-22-16-10-8-7-9-11-17-23-43-37(49)35(47-39(51)53-41(4,5)6)25-29-27-45-33-21-15-13-19-31(29)33/h12-15,18-21,26-27,34-35,44-45H,7-11,16-17,22-25H2,1-6H3,(H,42,48)(H,43,49)(H,46,50)(H,47,51)/t34-,35-/m0/s1. The molecule has 2 aromatic heterocycles. The lowest BCUT2D eigenvalue weighted by molar-refractivity contribution is -0.123. The fourth-order valence-corrected chi connectivity index (χ4v) is 6.16. The molecule has 4 amide bonds. The van der Waals surface area contributed by atoms with E-state index in [2.05, 4.69) is 31.2 Å². The number of para-hydroxylation sites is 2. The van der Waals surface area contributed by atoms with E-state index in [0.29, 0.717) is 25.9 Å². The van der Waals surface area contributed by atoms with Gasteiger partial charge in [0.2, 0.25) is 11.8 Å². The fourth-order valence-electron chi connectivity index (χ4n) is 6.16. The number of alkyl carbamates (subject to hydrolysis) is 2. The Bertz CT molecular complexity index is 1670. The summed E-state index contributed by atoms with van der Waals surface area (Å²) in [5, 5.41) is 13.6. The van der Waals surface area contributed by atoms with Gasteiger partial charge in [-0.25, -0.2) is 9.59 Å². The summed E-state index contributed by atoms with van der Waals surface area (Å²) in [4.78, 5) is 58.1. The number of benzene rings is 2. The molecule has 0 spiro atoms. The van der Waals surface area contributed by atoms with Crippen LogP contribution in [0.15, 0.2) is 60.9 Å². The maximum atomic E-state index is 13.2. The zero-order valence-corrected chi connectivity index (χ0v) is 32.2. The first kappa shape index (κ1) is 40.8. The molecular weight excluding hydrogens is 672 g/mol. The zero-order valence-electron chi connectivity index (χ0n) is 32.2. The minimum absolute atomic E-state index is 0.242. The van der Waals surface area contributed by atoms with Gasteiger partial charge in [-0.1, -0.05) is 68.5 Å². The Morgan fingerprint density at radius 1 is 0.566 bits per heavy atom. The van der Waals surface area contributed by atoms with Gasteiger partial charge in [-0.15, -0.1) is 0 Å². The molecule has 0 fully saturated rings. The summed E-state index contributed by atoms with van der Waals surface area (Å²) >= 11 is 0. The number of ether oxygens (including phenoxy) is 2. The number of fused-ring (bicyclic) bond motifs is 2. The van der Waals surface area contributed by atoms with Gasteiger partial charge in [0, 0.05) is 60.1 Å². The first-order valence-electron chi connectivity index (χ1n) is 18.8. The number of amides is 4. The molecule has 12 heteroatoms. The summed E-state index contributed by atoms with van der Waals surface area (Å²) in [7, 11) is 0. The summed E-state index contributed by atoms with van der Waals surface area (Å²) in [5.74, 6) is -0.485. The molecule has 0 unspecified atom stereocenters. The van der Waals surface area contributed by atoms with Crippen LogP contribution in [0.3, 0.4) is 0 Å². The van der Waals surface area contributed by atoms with Gasteiger partial charge >= 0.3 is 12.2 Å². The fraction of sp³-hybridized carbons (Fsp3) is 0.512. The molecule has 2 atom stereocenters.